The number of benzene rings is 1. The standard InChI is InChI=1S/C17H23N5O/c1-12-8-14(5-6-16(12)22-11-19-10-20-22)17(23)21-7-3-4-15(9-21)13(2)18/h5-6,8,10-11,13,15H,3-4,7,9,18H2,1-2H3/t13-,15-/m1/s1. The Hall–Kier alpha value is -2.21. The first-order chi connectivity index (χ1) is 11.1. The van der Waals surface area contributed by atoms with Gasteiger partial charge in [-0.1, -0.05) is 0 Å². The van der Waals surface area contributed by atoms with Crippen LogP contribution in [-0.4, -0.2) is 44.7 Å². The highest BCUT2D eigenvalue weighted by molar-refractivity contribution is 5.94. The van der Waals surface area contributed by atoms with E-state index in [1.54, 1.807) is 11.0 Å². The molecule has 6 nitrogen and oxygen atoms in total. The number of nitrogens with two attached hydrogens (primary N) is 1. The number of hydrogen-bond acceptors (Lipinski definition) is 4. The molecule has 0 saturated carbocycles. The van der Waals surface area contributed by atoms with E-state index in [0.717, 1.165) is 42.7 Å². The van der Waals surface area contributed by atoms with Crippen molar-refractivity contribution in [1.29, 1.82) is 0 Å². The van der Waals surface area contributed by atoms with Gasteiger partial charge in [0, 0.05) is 24.7 Å². The van der Waals surface area contributed by atoms with Crippen molar-refractivity contribution in [3.63, 3.8) is 0 Å². The molecular weight excluding hydrogens is 290 g/mol. The van der Waals surface area contributed by atoms with E-state index >= 15 is 0 Å². The molecule has 3 rings (SSSR count). The van der Waals surface area contributed by atoms with Crippen molar-refractivity contribution in [3.05, 3.63) is 42.0 Å². The number of hydrogen-bond donors (Lipinski definition) is 1. The maximum atomic E-state index is 12.8. The molecule has 1 aromatic heterocycles. The summed E-state index contributed by atoms with van der Waals surface area (Å²) in [6.07, 6.45) is 5.28. The van der Waals surface area contributed by atoms with Crippen molar-refractivity contribution in [2.45, 2.75) is 32.7 Å². The highest BCUT2D eigenvalue weighted by Gasteiger charge is 2.26. The number of carbonyl (C=O) groups excluding carboxylic acids is 1. The van der Waals surface area contributed by atoms with Crippen molar-refractivity contribution in [3.8, 4) is 5.69 Å². The molecule has 0 bridgehead atoms. The Morgan fingerprint density at radius 1 is 1.43 bits per heavy atom. The van der Waals surface area contributed by atoms with E-state index in [1.807, 2.05) is 36.9 Å². The molecule has 6 heteroatoms. The van der Waals surface area contributed by atoms with Crippen molar-refractivity contribution in [2.24, 2.45) is 11.7 Å². The van der Waals surface area contributed by atoms with Crippen LogP contribution in [0.15, 0.2) is 30.9 Å². The third-order valence-electron chi connectivity index (χ3n) is 4.60. The molecule has 1 amide bonds. The lowest BCUT2D eigenvalue weighted by molar-refractivity contribution is 0.0661. The Bertz CT molecular complexity index is 680. The van der Waals surface area contributed by atoms with Gasteiger partial charge in [0.05, 0.1) is 5.69 Å². The van der Waals surface area contributed by atoms with Crippen LogP contribution in [-0.2, 0) is 0 Å². The fraction of sp³-hybridized carbons (Fsp3) is 0.471. The quantitative estimate of drug-likeness (QED) is 0.937. The van der Waals surface area contributed by atoms with Crippen molar-refractivity contribution < 1.29 is 4.79 Å². The minimum Gasteiger partial charge on any atom is -0.338 e. The lowest BCUT2D eigenvalue weighted by Crippen LogP contribution is -2.45. The maximum Gasteiger partial charge on any atom is 0.253 e. The molecule has 0 radical (unpaired) electrons. The molecule has 1 aliphatic heterocycles. The van der Waals surface area contributed by atoms with Crippen LogP contribution in [0.1, 0.15) is 35.7 Å². The average molecular weight is 313 g/mol. The summed E-state index contributed by atoms with van der Waals surface area (Å²) in [6.45, 7) is 5.57. The van der Waals surface area contributed by atoms with Gasteiger partial charge in [-0.2, -0.15) is 5.10 Å². The Labute approximate surface area is 136 Å². The number of nitrogens with zero attached hydrogens (tertiary/aromatic N) is 4. The molecule has 0 spiro atoms. The lowest BCUT2D eigenvalue weighted by atomic mass is 9.92. The van der Waals surface area contributed by atoms with E-state index in [0.29, 0.717) is 5.92 Å². The van der Waals surface area contributed by atoms with Crippen LogP contribution in [0.4, 0.5) is 0 Å². The summed E-state index contributed by atoms with van der Waals surface area (Å²) in [5.41, 5.74) is 8.67. The second kappa shape index (κ2) is 6.50. The smallest absolute Gasteiger partial charge is 0.253 e. The monoisotopic (exact) mass is 313 g/mol. The van der Waals surface area contributed by atoms with Gasteiger partial charge in [0.1, 0.15) is 12.7 Å². The molecule has 2 heterocycles. The second-order valence-electron chi connectivity index (χ2n) is 6.35. The summed E-state index contributed by atoms with van der Waals surface area (Å²) in [7, 11) is 0. The van der Waals surface area contributed by atoms with Gasteiger partial charge in [-0.3, -0.25) is 4.79 Å². The number of likely N-dealkylation sites (tertiary alicyclic amines) is 1. The lowest BCUT2D eigenvalue weighted by Gasteiger charge is -2.34. The predicted molar refractivity (Wildman–Crippen MR) is 88.4 cm³/mol. The predicted octanol–water partition coefficient (Wildman–Crippen LogP) is 1.78. The molecule has 1 aromatic carbocycles. The van der Waals surface area contributed by atoms with Crippen LogP contribution in [0, 0.1) is 12.8 Å². The summed E-state index contributed by atoms with van der Waals surface area (Å²) in [6, 6.07) is 5.84. The van der Waals surface area contributed by atoms with Gasteiger partial charge in [-0.15, -0.1) is 0 Å². The van der Waals surface area contributed by atoms with E-state index in [2.05, 4.69) is 10.1 Å². The van der Waals surface area contributed by atoms with Gasteiger partial charge in [0.25, 0.3) is 5.91 Å². The van der Waals surface area contributed by atoms with E-state index in [4.69, 9.17) is 5.73 Å². The topological polar surface area (TPSA) is 77.0 Å². The Morgan fingerprint density at radius 3 is 2.91 bits per heavy atom. The molecule has 2 N–H and O–H groups in total. The SMILES string of the molecule is Cc1cc(C(=O)N2CCC[C@@H]([C@@H](C)N)C2)ccc1-n1cncn1. The molecule has 2 atom stereocenters. The normalized spacial score (nSPS) is 19.6. The van der Waals surface area contributed by atoms with Crippen LogP contribution in [0.25, 0.3) is 5.69 Å². The average Bonchev–Trinajstić information content (AvgIpc) is 3.08. The first-order valence-electron chi connectivity index (χ1n) is 8.07. The molecule has 23 heavy (non-hydrogen) atoms. The minimum atomic E-state index is 0.0867. The van der Waals surface area contributed by atoms with E-state index in [1.165, 1.54) is 6.33 Å². The molecular formula is C17H23N5O. The van der Waals surface area contributed by atoms with Crippen LogP contribution >= 0.6 is 0 Å². The van der Waals surface area contributed by atoms with Crippen LogP contribution in [0.2, 0.25) is 0 Å². The first-order valence-corrected chi connectivity index (χ1v) is 8.07. The first kappa shape index (κ1) is 15.7. The highest BCUT2D eigenvalue weighted by Crippen LogP contribution is 2.22. The number of aromatic nitrogens is 3. The van der Waals surface area contributed by atoms with Gasteiger partial charge < -0.3 is 10.6 Å². The summed E-state index contributed by atoms with van der Waals surface area (Å²) in [5.74, 6) is 0.479. The van der Waals surface area contributed by atoms with Crippen molar-refractivity contribution in [2.75, 3.05) is 13.1 Å². The van der Waals surface area contributed by atoms with Gasteiger partial charge in [-0.05, 0) is 56.4 Å². The molecule has 1 fully saturated rings. The van der Waals surface area contributed by atoms with Gasteiger partial charge in [0.15, 0.2) is 0 Å². The Kier molecular flexibility index (Phi) is 4.43. The summed E-state index contributed by atoms with van der Waals surface area (Å²) >= 11 is 0. The van der Waals surface area contributed by atoms with Crippen molar-refractivity contribution in [1.82, 2.24) is 19.7 Å². The molecule has 1 saturated heterocycles. The maximum absolute atomic E-state index is 12.8. The second-order valence-corrected chi connectivity index (χ2v) is 6.35. The number of amides is 1. The third kappa shape index (κ3) is 3.27. The van der Waals surface area contributed by atoms with Crippen LogP contribution in [0.5, 0.6) is 0 Å². The van der Waals surface area contributed by atoms with Gasteiger partial charge >= 0.3 is 0 Å². The van der Waals surface area contributed by atoms with Crippen LogP contribution < -0.4 is 5.73 Å². The summed E-state index contributed by atoms with van der Waals surface area (Å²) < 4.78 is 1.70. The van der Waals surface area contributed by atoms with E-state index in [-0.39, 0.29) is 11.9 Å². The third-order valence-corrected chi connectivity index (χ3v) is 4.60. The van der Waals surface area contributed by atoms with E-state index < -0.39 is 0 Å². The summed E-state index contributed by atoms with van der Waals surface area (Å²) in [5, 5.41) is 4.14. The Morgan fingerprint density at radius 2 is 2.26 bits per heavy atom. The zero-order chi connectivity index (χ0) is 16.4. The zero-order valence-corrected chi connectivity index (χ0v) is 13.6. The highest BCUT2D eigenvalue weighted by atomic mass is 16.2. The Balaban J connectivity index is 1.79. The number of carbonyl (C=O) groups is 1. The van der Waals surface area contributed by atoms with Gasteiger partial charge in [-0.25, -0.2) is 9.67 Å². The number of rotatable bonds is 3. The number of piperidine rings is 1. The largest absolute Gasteiger partial charge is 0.338 e. The molecule has 122 valence electrons. The molecule has 0 aliphatic carbocycles. The fourth-order valence-corrected chi connectivity index (χ4v) is 3.18. The summed E-state index contributed by atoms with van der Waals surface area (Å²) in [4.78, 5) is 18.7. The van der Waals surface area contributed by atoms with Gasteiger partial charge in [0.2, 0.25) is 0 Å². The zero-order valence-electron chi connectivity index (χ0n) is 13.6. The molecule has 0 unspecified atom stereocenters. The number of aryl methyl sites for hydroxylation is 1. The molecule has 2 aromatic rings. The van der Waals surface area contributed by atoms with Crippen molar-refractivity contribution >= 4 is 5.91 Å². The van der Waals surface area contributed by atoms with E-state index in [9.17, 15) is 4.79 Å². The molecule has 1 aliphatic rings. The minimum absolute atomic E-state index is 0.0867. The fourth-order valence-electron chi connectivity index (χ4n) is 3.18. The van der Waals surface area contributed by atoms with Crippen LogP contribution in [0.3, 0.4) is 0 Å².